The number of aliphatic hydroxyl groups is 1. The van der Waals surface area contributed by atoms with Gasteiger partial charge in [-0.2, -0.15) is 0 Å². The number of benzene rings is 1. The molecule has 0 aliphatic rings. The molecule has 0 radical (unpaired) electrons. The van der Waals surface area contributed by atoms with Crippen molar-refractivity contribution in [2.75, 3.05) is 6.61 Å². The number of sulfonamides is 1. The molecule has 0 bridgehead atoms. The van der Waals surface area contributed by atoms with Crippen LogP contribution in [0.1, 0.15) is 26.7 Å². The summed E-state index contributed by atoms with van der Waals surface area (Å²) in [7, 11) is -3.58. The van der Waals surface area contributed by atoms with Gasteiger partial charge in [-0.05, 0) is 59.7 Å². The summed E-state index contributed by atoms with van der Waals surface area (Å²) in [5, 5.41) is 9.40. The average molecular weight is 383 g/mol. The van der Waals surface area contributed by atoms with Gasteiger partial charge in [0.2, 0.25) is 10.0 Å². The Balaban J connectivity index is 3.04. The summed E-state index contributed by atoms with van der Waals surface area (Å²) >= 11 is 2.12. The quantitative estimate of drug-likeness (QED) is 0.740. The van der Waals surface area contributed by atoms with Gasteiger partial charge in [0.1, 0.15) is 0 Å². The van der Waals surface area contributed by atoms with Crippen molar-refractivity contribution in [2.24, 2.45) is 0 Å². The van der Waals surface area contributed by atoms with Crippen LogP contribution in [0.15, 0.2) is 29.2 Å². The highest BCUT2D eigenvalue weighted by Gasteiger charge is 2.31. The Morgan fingerprint density at radius 3 is 2.11 bits per heavy atom. The van der Waals surface area contributed by atoms with E-state index >= 15 is 0 Å². The van der Waals surface area contributed by atoms with E-state index in [4.69, 9.17) is 0 Å². The summed E-state index contributed by atoms with van der Waals surface area (Å²) in [4.78, 5) is 0.225. The third-order valence-electron chi connectivity index (χ3n) is 3.13. The molecule has 1 aromatic carbocycles. The summed E-state index contributed by atoms with van der Waals surface area (Å²) in [6.45, 7) is 3.51. The molecular formula is C12H18INO3S. The molecule has 18 heavy (non-hydrogen) atoms. The molecule has 0 spiro atoms. The van der Waals surface area contributed by atoms with Crippen LogP contribution in [0.4, 0.5) is 0 Å². The van der Waals surface area contributed by atoms with Gasteiger partial charge in [-0.1, -0.05) is 13.8 Å². The van der Waals surface area contributed by atoms with Gasteiger partial charge in [-0.15, -0.1) is 0 Å². The first-order valence-corrected chi connectivity index (χ1v) is 8.35. The van der Waals surface area contributed by atoms with Gasteiger partial charge in [-0.25, -0.2) is 13.1 Å². The van der Waals surface area contributed by atoms with E-state index in [0.29, 0.717) is 12.8 Å². The predicted octanol–water partition coefficient (Wildman–Crippen LogP) is 2.12. The summed E-state index contributed by atoms with van der Waals surface area (Å²) in [6, 6.07) is 6.62. The number of hydrogen-bond acceptors (Lipinski definition) is 3. The highest BCUT2D eigenvalue weighted by molar-refractivity contribution is 14.1. The summed E-state index contributed by atoms with van der Waals surface area (Å²) in [5.74, 6) is 0. The standard InChI is InChI=1S/C12H18INO3S/c1-3-12(4-2,9-15)14-18(16,17)11-7-5-10(13)6-8-11/h5-8,14-15H,3-4,9H2,1-2H3. The van der Waals surface area contributed by atoms with Crippen molar-refractivity contribution in [1.82, 2.24) is 4.72 Å². The van der Waals surface area contributed by atoms with Gasteiger partial charge >= 0.3 is 0 Å². The Labute approximate surface area is 122 Å². The minimum absolute atomic E-state index is 0.205. The van der Waals surface area contributed by atoms with Crippen LogP contribution in [0.2, 0.25) is 0 Å². The Kier molecular flexibility index (Phi) is 5.57. The van der Waals surface area contributed by atoms with E-state index in [0.717, 1.165) is 3.57 Å². The third kappa shape index (κ3) is 3.66. The molecule has 6 heteroatoms. The SMILES string of the molecule is CCC(CC)(CO)NS(=O)(=O)c1ccc(I)cc1. The minimum atomic E-state index is -3.58. The zero-order valence-corrected chi connectivity index (χ0v) is 13.5. The molecule has 1 aromatic rings. The topological polar surface area (TPSA) is 66.4 Å². The molecule has 0 aromatic heterocycles. The van der Waals surface area contributed by atoms with Gasteiger partial charge in [0, 0.05) is 3.57 Å². The zero-order chi connectivity index (χ0) is 13.8. The highest BCUT2D eigenvalue weighted by Crippen LogP contribution is 2.19. The fraction of sp³-hybridized carbons (Fsp3) is 0.500. The van der Waals surface area contributed by atoms with Crippen molar-refractivity contribution in [3.8, 4) is 0 Å². The Bertz CT molecular complexity index is 472. The molecule has 4 nitrogen and oxygen atoms in total. The van der Waals surface area contributed by atoms with Crippen LogP contribution in [-0.2, 0) is 10.0 Å². The smallest absolute Gasteiger partial charge is 0.241 e. The summed E-state index contributed by atoms with van der Waals surface area (Å²) < 4.78 is 28.0. The summed E-state index contributed by atoms with van der Waals surface area (Å²) in [5.41, 5.74) is -0.776. The highest BCUT2D eigenvalue weighted by atomic mass is 127. The molecule has 0 heterocycles. The first-order valence-electron chi connectivity index (χ1n) is 5.79. The lowest BCUT2D eigenvalue weighted by Gasteiger charge is -2.30. The largest absolute Gasteiger partial charge is 0.394 e. The van der Waals surface area contributed by atoms with Crippen LogP contribution in [0, 0.1) is 3.57 Å². The molecule has 0 fully saturated rings. The van der Waals surface area contributed by atoms with Gasteiger partial charge in [0.25, 0.3) is 0 Å². The molecular weight excluding hydrogens is 365 g/mol. The van der Waals surface area contributed by atoms with Crippen LogP contribution in [0.5, 0.6) is 0 Å². The van der Waals surface area contributed by atoms with E-state index in [-0.39, 0.29) is 11.5 Å². The maximum absolute atomic E-state index is 12.2. The molecule has 0 unspecified atom stereocenters. The van der Waals surface area contributed by atoms with E-state index in [9.17, 15) is 13.5 Å². The summed E-state index contributed by atoms with van der Waals surface area (Å²) in [6.07, 6.45) is 1.09. The van der Waals surface area contributed by atoms with Crippen molar-refractivity contribution in [1.29, 1.82) is 0 Å². The van der Waals surface area contributed by atoms with E-state index < -0.39 is 15.6 Å². The molecule has 0 atom stereocenters. The van der Waals surface area contributed by atoms with E-state index in [1.165, 1.54) is 0 Å². The average Bonchev–Trinajstić information content (AvgIpc) is 2.37. The number of rotatable bonds is 6. The monoisotopic (exact) mass is 383 g/mol. The Hall–Kier alpha value is -0.180. The fourth-order valence-corrected chi connectivity index (χ4v) is 3.50. The van der Waals surface area contributed by atoms with Crippen molar-refractivity contribution in [3.63, 3.8) is 0 Å². The van der Waals surface area contributed by atoms with Crippen LogP contribution < -0.4 is 4.72 Å². The molecule has 0 aliphatic carbocycles. The normalized spacial score (nSPS) is 12.7. The maximum atomic E-state index is 12.2. The van der Waals surface area contributed by atoms with Gasteiger partial charge in [-0.3, -0.25) is 0 Å². The molecule has 0 amide bonds. The first-order chi connectivity index (χ1) is 8.39. The molecule has 1 rings (SSSR count). The van der Waals surface area contributed by atoms with Gasteiger partial charge in [0.05, 0.1) is 17.0 Å². The molecule has 0 saturated heterocycles. The second-order valence-corrected chi connectivity index (χ2v) is 7.13. The van der Waals surface area contributed by atoms with Crippen LogP contribution >= 0.6 is 22.6 Å². The second-order valence-electron chi connectivity index (χ2n) is 4.20. The lowest BCUT2D eigenvalue weighted by atomic mass is 9.96. The van der Waals surface area contributed by atoms with Gasteiger partial charge < -0.3 is 5.11 Å². The van der Waals surface area contributed by atoms with Crippen molar-refractivity contribution < 1.29 is 13.5 Å². The molecule has 102 valence electrons. The number of halogens is 1. The minimum Gasteiger partial charge on any atom is -0.394 e. The second kappa shape index (κ2) is 6.31. The fourth-order valence-electron chi connectivity index (χ4n) is 1.61. The first kappa shape index (κ1) is 15.9. The van der Waals surface area contributed by atoms with Crippen molar-refractivity contribution in [2.45, 2.75) is 37.1 Å². The van der Waals surface area contributed by atoms with Crippen LogP contribution in [0.3, 0.4) is 0 Å². The number of hydrogen-bond donors (Lipinski definition) is 2. The number of aliphatic hydroxyl groups excluding tert-OH is 1. The van der Waals surface area contributed by atoms with E-state index in [1.54, 1.807) is 24.3 Å². The van der Waals surface area contributed by atoms with Gasteiger partial charge in [0.15, 0.2) is 0 Å². The van der Waals surface area contributed by atoms with Crippen molar-refractivity contribution >= 4 is 32.6 Å². The van der Waals surface area contributed by atoms with Crippen LogP contribution in [-0.4, -0.2) is 25.7 Å². The third-order valence-corrected chi connectivity index (χ3v) is 5.44. The Morgan fingerprint density at radius 1 is 1.22 bits per heavy atom. The number of nitrogens with one attached hydrogen (secondary N) is 1. The molecule has 2 N–H and O–H groups in total. The predicted molar refractivity (Wildman–Crippen MR) is 79.9 cm³/mol. The van der Waals surface area contributed by atoms with Crippen molar-refractivity contribution in [3.05, 3.63) is 27.8 Å². The van der Waals surface area contributed by atoms with Crippen LogP contribution in [0.25, 0.3) is 0 Å². The zero-order valence-electron chi connectivity index (χ0n) is 10.5. The lowest BCUT2D eigenvalue weighted by Crippen LogP contribution is -2.50. The molecule has 0 saturated carbocycles. The molecule has 0 aliphatic heterocycles. The Morgan fingerprint density at radius 2 is 1.72 bits per heavy atom. The van der Waals surface area contributed by atoms with E-state index in [1.807, 2.05) is 13.8 Å². The lowest BCUT2D eigenvalue weighted by molar-refractivity contribution is 0.172. The van der Waals surface area contributed by atoms with E-state index in [2.05, 4.69) is 27.3 Å². The maximum Gasteiger partial charge on any atom is 0.241 e.